The van der Waals surface area contributed by atoms with Crippen molar-refractivity contribution in [1.82, 2.24) is 0 Å². The summed E-state index contributed by atoms with van der Waals surface area (Å²) in [6, 6.07) is 0. The van der Waals surface area contributed by atoms with Gasteiger partial charge in [-0.1, -0.05) is 19.8 Å². The molecular weight excluding hydrogens is 381 g/mol. The lowest BCUT2D eigenvalue weighted by Gasteiger charge is -2.30. The number of hydrogen-bond acceptors (Lipinski definition) is 9. The van der Waals surface area contributed by atoms with Gasteiger partial charge >= 0.3 is 22.0 Å². The Bertz CT molecular complexity index is 436. The third-order valence-electron chi connectivity index (χ3n) is 4.96. The molecule has 0 amide bonds. The van der Waals surface area contributed by atoms with E-state index in [1.54, 1.807) is 0 Å². The van der Waals surface area contributed by atoms with E-state index < -0.39 is 28.1 Å². The van der Waals surface area contributed by atoms with Crippen LogP contribution in [-0.4, -0.2) is 80.4 Å². The normalized spacial score (nSPS) is 25.4. The lowest BCUT2D eigenvalue weighted by molar-refractivity contribution is -0.0506. The second kappa shape index (κ2) is 13.3. The van der Waals surface area contributed by atoms with Gasteiger partial charge in [0.15, 0.2) is 0 Å². The van der Waals surface area contributed by atoms with E-state index in [-0.39, 0.29) is 19.3 Å². The van der Waals surface area contributed by atoms with Crippen LogP contribution in [0.3, 0.4) is 0 Å². The number of hydrogen-bond donors (Lipinski definition) is 0. The summed E-state index contributed by atoms with van der Waals surface area (Å²) in [5.41, 5.74) is 0. The van der Waals surface area contributed by atoms with Crippen LogP contribution in [0.2, 0.25) is 0 Å². The third-order valence-corrected chi connectivity index (χ3v) is 4.96. The highest BCUT2D eigenvalue weighted by Gasteiger charge is 2.36. The van der Waals surface area contributed by atoms with E-state index in [4.69, 9.17) is 41.9 Å². The second-order valence-electron chi connectivity index (χ2n) is 7.67. The Kier molecular flexibility index (Phi) is 10.8. The number of rotatable bonds is 11. The molecular formula is C17H33B3O9. The van der Waals surface area contributed by atoms with Crippen molar-refractivity contribution in [3.63, 3.8) is 0 Å². The van der Waals surface area contributed by atoms with Crippen LogP contribution in [0.1, 0.15) is 46.0 Å². The van der Waals surface area contributed by atoms with Crippen LogP contribution in [0.25, 0.3) is 0 Å². The van der Waals surface area contributed by atoms with Gasteiger partial charge in [0.25, 0.3) is 0 Å². The Balaban J connectivity index is 1.43. The molecule has 164 valence electrons. The summed E-state index contributed by atoms with van der Waals surface area (Å²) in [5.74, 6) is 0.412. The van der Waals surface area contributed by atoms with Crippen LogP contribution < -0.4 is 0 Å². The Morgan fingerprint density at radius 3 is 2.28 bits per heavy atom. The molecule has 2 atom stereocenters. The summed E-state index contributed by atoms with van der Waals surface area (Å²) >= 11 is 0. The largest absolute Gasteiger partial charge is 0.639 e. The van der Waals surface area contributed by atoms with E-state index in [2.05, 4.69) is 6.92 Å². The smallest absolute Gasteiger partial charge is 0.386 e. The summed E-state index contributed by atoms with van der Waals surface area (Å²) in [6.45, 7) is 7.66. The lowest BCUT2D eigenvalue weighted by atomic mass is 10.0. The molecule has 3 heterocycles. The quantitative estimate of drug-likeness (QED) is 0.467. The first-order valence-corrected chi connectivity index (χ1v) is 10.8. The van der Waals surface area contributed by atoms with Gasteiger partial charge in [-0.25, -0.2) is 0 Å². The third kappa shape index (κ3) is 8.84. The van der Waals surface area contributed by atoms with Gasteiger partial charge in [0.2, 0.25) is 0 Å². The first-order valence-electron chi connectivity index (χ1n) is 10.8. The molecule has 3 aliphatic heterocycles. The van der Waals surface area contributed by atoms with E-state index in [9.17, 15) is 0 Å². The molecule has 0 aromatic carbocycles. The standard InChI is InChI=1S/C17H33B3O9/c1-3-4-6-16-11-24-20(25-12-16)29-17(13-26-18-21-8-5-9-22-18)14-27-19-23-10-7-15(2)28-19/h15-17H,3-14H2,1-2H3. The van der Waals surface area contributed by atoms with Crippen molar-refractivity contribution in [3.05, 3.63) is 0 Å². The molecule has 0 aromatic heterocycles. The highest BCUT2D eigenvalue weighted by atomic mass is 16.8. The zero-order valence-electron chi connectivity index (χ0n) is 17.6. The minimum absolute atomic E-state index is 0.0958. The molecule has 12 heteroatoms. The Hall–Kier alpha value is -0.165. The van der Waals surface area contributed by atoms with Crippen LogP contribution in [0.15, 0.2) is 0 Å². The minimum Gasteiger partial charge on any atom is -0.386 e. The van der Waals surface area contributed by atoms with Crippen molar-refractivity contribution in [2.24, 2.45) is 5.92 Å². The van der Waals surface area contributed by atoms with Crippen molar-refractivity contribution in [1.29, 1.82) is 0 Å². The molecule has 0 radical (unpaired) electrons. The fraction of sp³-hybridized carbons (Fsp3) is 1.00. The van der Waals surface area contributed by atoms with Gasteiger partial charge in [-0.05, 0) is 26.2 Å². The minimum atomic E-state index is -0.745. The van der Waals surface area contributed by atoms with Gasteiger partial charge in [0.05, 0.1) is 19.3 Å². The maximum absolute atomic E-state index is 5.94. The molecule has 3 rings (SSSR count). The predicted octanol–water partition coefficient (Wildman–Crippen LogP) is 1.48. The monoisotopic (exact) mass is 414 g/mol. The fourth-order valence-corrected chi connectivity index (χ4v) is 3.20. The molecule has 0 aromatic rings. The molecule has 9 nitrogen and oxygen atoms in total. The molecule has 3 fully saturated rings. The van der Waals surface area contributed by atoms with E-state index in [0.717, 1.165) is 19.3 Å². The predicted molar refractivity (Wildman–Crippen MR) is 107 cm³/mol. The van der Waals surface area contributed by atoms with Crippen molar-refractivity contribution in [3.8, 4) is 0 Å². The van der Waals surface area contributed by atoms with Crippen LogP contribution in [0.4, 0.5) is 0 Å². The molecule has 3 saturated heterocycles. The van der Waals surface area contributed by atoms with E-state index in [1.165, 1.54) is 12.8 Å². The van der Waals surface area contributed by atoms with Gasteiger partial charge in [0, 0.05) is 45.1 Å². The maximum Gasteiger partial charge on any atom is 0.639 e. The SMILES string of the molecule is CCCCC1COB(OC(COB2OCCCO2)COB2OCCC(C)O2)OC1. The van der Waals surface area contributed by atoms with Gasteiger partial charge < -0.3 is 41.9 Å². The molecule has 0 aliphatic carbocycles. The molecule has 0 N–H and O–H groups in total. The van der Waals surface area contributed by atoms with Crippen molar-refractivity contribution in [2.75, 3.05) is 46.2 Å². The zero-order chi connectivity index (χ0) is 20.3. The topological polar surface area (TPSA) is 83.1 Å². The van der Waals surface area contributed by atoms with Crippen molar-refractivity contribution < 1.29 is 41.9 Å². The molecule has 2 unspecified atom stereocenters. The summed E-state index contributed by atoms with van der Waals surface area (Å²) in [4.78, 5) is 0. The summed E-state index contributed by atoms with van der Waals surface area (Å²) in [6.07, 6.45) is 4.80. The van der Waals surface area contributed by atoms with Crippen molar-refractivity contribution in [2.45, 2.75) is 58.2 Å². The average Bonchev–Trinajstić information content (AvgIpc) is 2.76. The van der Waals surface area contributed by atoms with Crippen molar-refractivity contribution >= 4 is 22.0 Å². The van der Waals surface area contributed by atoms with Gasteiger partial charge in [-0.2, -0.15) is 0 Å². The molecule has 0 bridgehead atoms. The Labute approximate surface area is 174 Å². The maximum atomic E-state index is 5.94. The highest BCUT2D eigenvalue weighted by Crippen LogP contribution is 2.18. The number of unbranched alkanes of at least 4 members (excludes halogenated alkanes) is 1. The van der Waals surface area contributed by atoms with E-state index in [0.29, 0.717) is 39.0 Å². The zero-order valence-corrected chi connectivity index (χ0v) is 17.6. The molecule has 29 heavy (non-hydrogen) atoms. The Morgan fingerprint density at radius 2 is 1.59 bits per heavy atom. The van der Waals surface area contributed by atoms with E-state index >= 15 is 0 Å². The van der Waals surface area contributed by atoms with Crippen LogP contribution >= 0.6 is 0 Å². The van der Waals surface area contributed by atoms with Gasteiger partial charge in [-0.3, -0.25) is 0 Å². The second-order valence-corrected chi connectivity index (χ2v) is 7.67. The van der Waals surface area contributed by atoms with Crippen LogP contribution in [0, 0.1) is 5.92 Å². The summed E-state index contributed by atoms with van der Waals surface area (Å²) < 4.78 is 50.8. The molecule has 0 spiro atoms. The van der Waals surface area contributed by atoms with Gasteiger partial charge in [-0.15, -0.1) is 0 Å². The van der Waals surface area contributed by atoms with E-state index in [1.807, 2.05) is 6.92 Å². The van der Waals surface area contributed by atoms with Crippen LogP contribution in [0.5, 0.6) is 0 Å². The van der Waals surface area contributed by atoms with Crippen LogP contribution in [-0.2, 0) is 41.9 Å². The average molecular weight is 414 g/mol. The summed E-state index contributed by atoms with van der Waals surface area (Å²) in [5, 5.41) is 0. The fourth-order valence-electron chi connectivity index (χ4n) is 3.20. The highest BCUT2D eigenvalue weighted by molar-refractivity contribution is 6.37. The molecule has 0 saturated carbocycles. The molecule has 3 aliphatic rings. The first-order chi connectivity index (χ1) is 14.2. The Morgan fingerprint density at radius 1 is 0.897 bits per heavy atom. The van der Waals surface area contributed by atoms with Gasteiger partial charge in [0.1, 0.15) is 0 Å². The summed E-state index contributed by atoms with van der Waals surface area (Å²) in [7, 11) is -2.15. The lowest BCUT2D eigenvalue weighted by Crippen LogP contribution is -2.46. The first kappa shape index (κ1) is 23.5.